The summed E-state index contributed by atoms with van der Waals surface area (Å²) >= 11 is 0. The molecule has 156 valence electrons. The highest BCUT2D eigenvalue weighted by molar-refractivity contribution is 5.97. The minimum Gasteiger partial charge on any atom is -0.478 e. The number of carboxylic acids is 1. The maximum absolute atomic E-state index is 11.4. The van der Waals surface area contributed by atoms with E-state index in [2.05, 4.69) is 20.3 Å². The Hall–Kier alpha value is -2.97. The van der Waals surface area contributed by atoms with E-state index in [1.807, 2.05) is 56.9 Å². The van der Waals surface area contributed by atoms with Crippen LogP contribution in [0.5, 0.6) is 0 Å². The number of anilines is 2. The smallest absolute Gasteiger partial charge is 0.337 e. The van der Waals surface area contributed by atoms with Crippen LogP contribution in [0.1, 0.15) is 24.2 Å². The number of nitrogens with zero attached hydrogens (tertiary/aromatic N) is 4. The number of fused-ring (bicyclic) bond motifs is 1. The highest BCUT2D eigenvalue weighted by Gasteiger charge is 2.14. The average molecular weight is 399 g/mol. The summed E-state index contributed by atoms with van der Waals surface area (Å²) in [5, 5.41) is 18.0. The molecule has 0 fully saturated rings. The second-order valence-electron chi connectivity index (χ2n) is 6.36. The van der Waals surface area contributed by atoms with Gasteiger partial charge in [0.2, 0.25) is 0 Å². The van der Waals surface area contributed by atoms with Crippen molar-refractivity contribution in [2.24, 2.45) is 0 Å². The summed E-state index contributed by atoms with van der Waals surface area (Å²) in [7, 11) is 4.01. The molecule has 0 aliphatic heterocycles. The van der Waals surface area contributed by atoms with Crippen molar-refractivity contribution in [1.82, 2.24) is 19.7 Å². The van der Waals surface area contributed by atoms with Crippen LogP contribution >= 0.6 is 0 Å². The Labute approximate surface area is 171 Å². The summed E-state index contributed by atoms with van der Waals surface area (Å²) in [6, 6.07) is 9.26. The van der Waals surface area contributed by atoms with Gasteiger partial charge in [-0.2, -0.15) is 5.10 Å². The maximum atomic E-state index is 11.4. The normalized spacial score (nSPS) is 10.7. The molecule has 0 atom stereocenters. The summed E-state index contributed by atoms with van der Waals surface area (Å²) in [4.78, 5) is 17.5. The minimum atomic E-state index is -1.02. The Morgan fingerprint density at radius 2 is 1.97 bits per heavy atom. The van der Waals surface area contributed by atoms with Gasteiger partial charge in [0, 0.05) is 18.1 Å². The maximum Gasteiger partial charge on any atom is 0.337 e. The number of carboxylic acid groups (broad SMARTS) is 1. The van der Waals surface area contributed by atoms with Gasteiger partial charge < -0.3 is 20.1 Å². The summed E-state index contributed by atoms with van der Waals surface area (Å²) in [5.74, 6) is -0.424. The zero-order valence-electron chi connectivity index (χ0n) is 17.4. The zero-order valence-corrected chi connectivity index (χ0v) is 17.4. The van der Waals surface area contributed by atoms with E-state index in [9.17, 15) is 9.90 Å². The fraction of sp³-hybridized carbons (Fsp3) is 0.381. The molecule has 0 amide bonds. The molecule has 3 rings (SSSR count). The molecule has 0 saturated carbocycles. The van der Waals surface area contributed by atoms with Crippen LogP contribution in [0.2, 0.25) is 0 Å². The summed E-state index contributed by atoms with van der Waals surface area (Å²) in [6.07, 6.45) is 2.94. The molecule has 29 heavy (non-hydrogen) atoms. The van der Waals surface area contributed by atoms with Gasteiger partial charge in [-0.1, -0.05) is 26.0 Å². The fourth-order valence-electron chi connectivity index (χ4n) is 2.70. The quantitative estimate of drug-likeness (QED) is 0.532. The van der Waals surface area contributed by atoms with Crippen LogP contribution in [0.15, 0.2) is 42.7 Å². The van der Waals surface area contributed by atoms with E-state index >= 15 is 0 Å². The molecule has 0 aliphatic rings. The van der Waals surface area contributed by atoms with Gasteiger partial charge in [0.15, 0.2) is 5.82 Å². The van der Waals surface area contributed by atoms with Gasteiger partial charge in [0.05, 0.1) is 42.7 Å². The summed E-state index contributed by atoms with van der Waals surface area (Å²) < 4.78 is 7.53. The number of hydrogen-bond donors (Lipinski definition) is 2. The van der Waals surface area contributed by atoms with Gasteiger partial charge >= 0.3 is 5.97 Å². The Bertz CT molecular complexity index is 924. The summed E-state index contributed by atoms with van der Waals surface area (Å²) in [5.41, 5.74) is 1.51. The van der Waals surface area contributed by atoms with E-state index in [-0.39, 0.29) is 5.56 Å². The number of pyridine rings is 1. The summed E-state index contributed by atoms with van der Waals surface area (Å²) in [6.45, 7) is 6.68. The van der Waals surface area contributed by atoms with Crippen molar-refractivity contribution in [3.05, 3.63) is 48.3 Å². The van der Waals surface area contributed by atoms with Crippen LogP contribution in [0, 0.1) is 0 Å². The number of nitrogens with one attached hydrogen (secondary N) is 1. The van der Waals surface area contributed by atoms with Crippen molar-refractivity contribution in [1.29, 1.82) is 0 Å². The van der Waals surface area contributed by atoms with E-state index < -0.39 is 5.97 Å². The van der Waals surface area contributed by atoms with E-state index in [1.54, 1.807) is 0 Å². The molecular formula is C21H29N5O3. The Morgan fingerprint density at radius 3 is 2.69 bits per heavy atom. The van der Waals surface area contributed by atoms with Gasteiger partial charge in [0.1, 0.15) is 0 Å². The number of para-hydroxylation sites is 1. The van der Waals surface area contributed by atoms with E-state index in [4.69, 9.17) is 4.74 Å². The molecule has 2 N–H and O–H groups in total. The van der Waals surface area contributed by atoms with Crippen LogP contribution in [-0.4, -0.2) is 64.6 Å². The molecule has 1 aromatic carbocycles. The number of hydrogen-bond acceptors (Lipinski definition) is 6. The van der Waals surface area contributed by atoms with Gasteiger partial charge in [-0.25, -0.2) is 4.79 Å². The second-order valence-corrected chi connectivity index (χ2v) is 6.36. The largest absolute Gasteiger partial charge is 0.478 e. The molecule has 0 unspecified atom stereocenters. The molecular weight excluding hydrogens is 370 g/mol. The predicted octanol–water partition coefficient (Wildman–Crippen LogP) is 3.48. The third-order valence-corrected chi connectivity index (χ3v) is 4.09. The molecule has 8 nitrogen and oxygen atoms in total. The Morgan fingerprint density at radius 1 is 1.21 bits per heavy atom. The third kappa shape index (κ3) is 6.00. The highest BCUT2D eigenvalue weighted by atomic mass is 16.5. The lowest BCUT2D eigenvalue weighted by molar-refractivity contribution is 0.0698. The number of likely N-dealkylation sites (N-methyl/N-ethyl adjacent to an activating group) is 1. The molecule has 2 heterocycles. The number of aromatic nitrogens is 3. The van der Waals surface area contributed by atoms with Crippen LogP contribution in [0.3, 0.4) is 0 Å². The molecule has 0 aliphatic carbocycles. The van der Waals surface area contributed by atoms with Crippen molar-refractivity contribution < 1.29 is 14.6 Å². The molecule has 8 heteroatoms. The lowest BCUT2D eigenvalue weighted by atomic mass is 10.2. The number of benzene rings is 1. The van der Waals surface area contributed by atoms with Gasteiger partial charge in [-0.05, 0) is 32.3 Å². The van der Waals surface area contributed by atoms with Gasteiger partial charge in [-0.3, -0.25) is 9.67 Å². The highest BCUT2D eigenvalue weighted by Crippen LogP contribution is 2.27. The topological polar surface area (TPSA) is 92.5 Å². The first-order chi connectivity index (χ1) is 14.1. The zero-order chi connectivity index (χ0) is 21.2. The molecule has 3 aromatic rings. The SMILES string of the molecule is CC.CN(C)CCOCCn1nc(Nc2cnccc2C(=O)O)c2ccccc21. The molecule has 0 bridgehead atoms. The number of aromatic carboxylic acids is 1. The van der Waals surface area contributed by atoms with Gasteiger partial charge in [0.25, 0.3) is 0 Å². The number of rotatable bonds is 9. The predicted molar refractivity (Wildman–Crippen MR) is 115 cm³/mol. The van der Waals surface area contributed by atoms with Crippen molar-refractivity contribution >= 4 is 28.4 Å². The lowest BCUT2D eigenvalue weighted by Crippen LogP contribution is -2.19. The standard InChI is InChI=1S/C19H23N5O3.C2H6/c1-23(2)9-11-27-12-10-24-17-6-4-3-5-15(17)18(22-24)21-16-13-20-8-7-14(16)19(25)26;1-2/h3-8,13H,9-12H2,1-2H3,(H,21,22)(H,25,26);1-2H3. The second kappa shape index (κ2) is 11.1. The number of ether oxygens (including phenoxy) is 1. The number of carbonyl (C=O) groups is 1. The van der Waals surface area contributed by atoms with E-state index in [0.717, 1.165) is 17.4 Å². The first-order valence-corrected chi connectivity index (χ1v) is 9.68. The van der Waals surface area contributed by atoms with E-state index in [0.29, 0.717) is 31.3 Å². The lowest BCUT2D eigenvalue weighted by Gasteiger charge is -2.10. The third-order valence-electron chi connectivity index (χ3n) is 4.09. The fourth-order valence-corrected chi connectivity index (χ4v) is 2.70. The van der Waals surface area contributed by atoms with Crippen molar-refractivity contribution in [3.63, 3.8) is 0 Å². The molecule has 2 aromatic heterocycles. The van der Waals surface area contributed by atoms with Crippen LogP contribution in [0.4, 0.5) is 11.5 Å². The Balaban J connectivity index is 0.00000145. The van der Waals surface area contributed by atoms with Crippen molar-refractivity contribution in [2.45, 2.75) is 20.4 Å². The van der Waals surface area contributed by atoms with Crippen LogP contribution < -0.4 is 5.32 Å². The van der Waals surface area contributed by atoms with Crippen molar-refractivity contribution in [3.8, 4) is 0 Å². The first kappa shape index (κ1) is 22.3. The van der Waals surface area contributed by atoms with E-state index in [1.165, 1.54) is 18.5 Å². The average Bonchev–Trinajstić information content (AvgIpc) is 3.07. The monoisotopic (exact) mass is 399 g/mol. The van der Waals surface area contributed by atoms with Crippen LogP contribution in [-0.2, 0) is 11.3 Å². The minimum absolute atomic E-state index is 0.149. The molecule has 0 radical (unpaired) electrons. The van der Waals surface area contributed by atoms with Gasteiger partial charge in [-0.15, -0.1) is 0 Å². The molecule has 0 saturated heterocycles. The molecule has 0 spiro atoms. The van der Waals surface area contributed by atoms with Crippen molar-refractivity contribution in [2.75, 3.05) is 39.2 Å². The Kier molecular flexibility index (Phi) is 8.57. The first-order valence-electron chi connectivity index (χ1n) is 9.68. The van der Waals surface area contributed by atoms with Crippen LogP contribution in [0.25, 0.3) is 10.9 Å².